The Labute approximate surface area is 307 Å². The molecule has 0 atom stereocenters. The van der Waals surface area contributed by atoms with Gasteiger partial charge >= 0.3 is 243 Å². The molecule has 0 spiro atoms. The van der Waals surface area contributed by atoms with E-state index in [9.17, 15) is 19.8 Å². The summed E-state index contributed by atoms with van der Waals surface area (Å²) in [5.41, 5.74) is -0.727. The quantitative estimate of drug-likeness (QED) is 0.221. The van der Waals surface area contributed by atoms with Gasteiger partial charge in [-0.25, -0.2) is 0 Å². The van der Waals surface area contributed by atoms with Crippen molar-refractivity contribution in [3.8, 4) is 0 Å². The summed E-state index contributed by atoms with van der Waals surface area (Å²) in [6.45, 7) is 0. The number of rotatable bonds is 8. The summed E-state index contributed by atoms with van der Waals surface area (Å²) < 4.78 is 9.18. The van der Waals surface area contributed by atoms with Crippen LogP contribution in [0.5, 0.6) is 0 Å². The van der Waals surface area contributed by atoms with Crippen molar-refractivity contribution in [2.75, 3.05) is 0 Å². The molecule has 0 saturated heterocycles. The van der Waals surface area contributed by atoms with E-state index < -0.39 is 51.5 Å². The van der Waals surface area contributed by atoms with E-state index >= 15 is 0 Å². The molecule has 7 rings (SSSR count). The fourth-order valence-corrected chi connectivity index (χ4v) is 20.2. The van der Waals surface area contributed by atoms with Gasteiger partial charge in [0.1, 0.15) is 0 Å². The number of benzene rings is 7. The monoisotopic (exact) mass is 866 g/mol. The van der Waals surface area contributed by atoms with Gasteiger partial charge in [0.15, 0.2) is 0 Å². The standard InChI is InChI=1S/C8H6O4.6C6H5.2Sn/c9-7(10)5-3-1-2-4-6(5)8(11)12;6*1-2-4-6-5-3-1;;/h1-4H,(H,9,10)(H,11,12);6*1-5H;;/q;;;;;;;2*+1/p-2. The molecule has 7 aromatic carbocycles. The molecule has 0 radical (unpaired) electrons. The molecule has 0 aliphatic carbocycles. The molecule has 0 aliphatic rings. The van der Waals surface area contributed by atoms with Gasteiger partial charge in [-0.15, -0.1) is 0 Å². The molecule has 0 saturated carbocycles. The average molecular weight is 864 g/mol. The summed E-state index contributed by atoms with van der Waals surface area (Å²) in [5.74, 6) is -3.04. The average Bonchev–Trinajstić information content (AvgIpc) is 3.18. The van der Waals surface area contributed by atoms with Crippen LogP contribution in [-0.4, -0.2) is 51.5 Å². The Kier molecular flexibility index (Phi) is 14.0. The van der Waals surface area contributed by atoms with E-state index in [1.165, 1.54) is 33.6 Å². The number of hydrogen-bond acceptors (Lipinski definition) is 4. The molecule has 0 unspecified atom stereocenters. The van der Waals surface area contributed by atoms with Crippen molar-refractivity contribution in [3.05, 3.63) is 217 Å². The molecule has 0 bridgehead atoms. The normalized spacial score (nSPS) is 9.92. The molecule has 4 nitrogen and oxygen atoms in total. The molecule has 6 heteroatoms. The Morgan fingerprint density at radius 2 is 0.440 bits per heavy atom. The Morgan fingerprint density at radius 3 is 0.600 bits per heavy atom. The fourth-order valence-electron chi connectivity index (χ4n) is 5.47. The number of carbonyl (C=O) groups is 2. The van der Waals surface area contributed by atoms with Crippen molar-refractivity contribution in [2.24, 2.45) is 0 Å². The van der Waals surface area contributed by atoms with Gasteiger partial charge in [0, 0.05) is 11.1 Å². The molecule has 0 aromatic heterocycles. The van der Waals surface area contributed by atoms with Crippen LogP contribution in [0, 0.1) is 0 Å². The Bertz CT molecular complexity index is 1700. The van der Waals surface area contributed by atoms with Gasteiger partial charge in [0.2, 0.25) is 0 Å². The summed E-state index contributed by atoms with van der Waals surface area (Å²) in [7, 11) is 0. The van der Waals surface area contributed by atoms with Crippen LogP contribution in [0.2, 0.25) is 0 Å². The van der Waals surface area contributed by atoms with E-state index in [2.05, 4.69) is 182 Å². The Balaban J connectivity index is 0.000000150. The third-order valence-electron chi connectivity index (χ3n) is 7.74. The van der Waals surface area contributed by atoms with Crippen LogP contribution in [0.25, 0.3) is 0 Å². The molecule has 242 valence electrons. The van der Waals surface area contributed by atoms with Crippen LogP contribution in [0.3, 0.4) is 0 Å². The molecular weight excluding hydrogens is 830 g/mol. The van der Waals surface area contributed by atoms with Gasteiger partial charge in [-0.1, -0.05) is 24.3 Å². The summed E-state index contributed by atoms with van der Waals surface area (Å²) in [5, 5.41) is 20.6. The maximum absolute atomic E-state index is 10.3. The van der Waals surface area contributed by atoms with Gasteiger partial charge in [-0.3, -0.25) is 0 Å². The summed E-state index contributed by atoms with van der Waals surface area (Å²) in [6, 6.07) is 71.0. The van der Waals surface area contributed by atoms with E-state index in [1.54, 1.807) is 0 Å². The molecule has 0 N–H and O–H groups in total. The van der Waals surface area contributed by atoms with Gasteiger partial charge < -0.3 is 19.8 Å². The molecule has 50 heavy (non-hydrogen) atoms. The van der Waals surface area contributed by atoms with Gasteiger partial charge in [0.05, 0.1) is 11.9 Å². The van der Waals surface area contributed by atoms with Crippen molar-refractivity contribution < 1.29 is 19.8 Å². The molecule has 0 amide bonds. The van der Waals surface area contributed by atoms with Crippen LogP contribution in [0.15, 0.2) is 206 Å². The Hall–Kier alpha value is -4.92. The minimum atomic E-state index is -1.98. The van der Waals surface area contributed by atoms with E-state index in [1.807, 2.05) is 0 Å². The zero-order valence-electron chi connectivity index (χ0n) is 27.3. The van der Waals surface area contributed by atoms with Crippen LogP contribution in [0.1, 0.15) is 20.7 Å². The topological polar surface area (TPSA) is 80.3 Å². The summed E-state index contributed by atoms with van der Waals surface area (Å²) in [4.78, 5) is 20.6. The third kappa shape index (κ3) is 10.3. The van der Waals surface area contributed by atoms with E-state index in [0.717, 1.165) is 12.1 Å². The molecule has 0 heterocycles. The Morgan fingerprint density at radius 1 is 0.280 bits per heavy atom. The van der Waals surface area contributed by atoms with Crippen molar-refractivity contribution in [1.29, 1.82) is 0 Å². The first kappa shape index (κ1) is 36.4. The molecular formula is C44H34O4Sn2. The second-order valence-electron chi connectivity index (χ2n) is 11.1. The number of aromatic carboxylic acids is 2. The van der Waals surface area contributed by atoms with Crippen LogP contribution < -0.4 is 31.7 Å². The molecule has 0 fully saturated rings. The second kappa shape index (κ2) is 19.3. The summed E-state index contributed by atoms with van der Waals surface area (Å²) in [6.07, 6.45) is 0. The first-order valence-corrected chi connectivity index (χ1v) is 24.7. The number of carbonyl (C=O) groups excluding carboxylic acids is 2. The van der Waals surface area contributed by atoms with Gasteiger partial charge in [0.25, 0.3) is 0 Å². The zero-order valence-corrected chi connectivity index (χ0v) is 33.0. The first-order valence-electron chi connectivity index (χ1n) is 16.1. The van der Waals surface area contributed by atoms with Crippen molar-refractivity contribution in [2.45, 2.75) is 0 Å². The number of hydrogen-bond donors (Lipinski definition) is 0. The SMILES string of the molecule is O=C([O-])c1ccccc1C(=O)[O-].c1cc[c]([Sn+]([c]2ccccc2)[c]2ccccc2)cc1.c1cc[c]([Sn+]([c]2ccccc2)[c]2ccccc2)cc1. The predicted octanol–water partition coefficient (Wildman–Crippen LogP) is 2.82. The van der Waals surface area contributed by atoms with Crippen molar-refractivity contribution >= 4 is 72.9 Å². The molecule has 0 aliphatic heterocycles. The summed E-state index contributed by atoms with van der Waals surface area (Å²) >= 11 is -3.96. The third-order valence-corrected chi connectivity index (χ3v) is 23.3. The van der Waals surface area contributed by atoms with Crippen molar-refractivity contribution in [3.63, 3.8) is 0 Å². The van der Waals surface area contributed by atoms with Gasteiger partial charge in [-0.05, 0) is 0 Å². The minimum absolute atomic E-state index is 0.363. The maximum atomic E-state index is 10.3. The fraction of sp³-hybridized carbons (Fsp3) is 0. The number of carboxylic acids is 2. The van der Waals surface area contributed by atoms with Crippen LogP contribution in [0.4, 0.5) is 0 Å². The van der Waals surface area contributed by atoms with E-state index in [0.29, 0.717) is 0 Å². The first-order chi connectivity index (χ1) is 24.5. The van der Waals surface area contributed by atoms with Gasteiger partial charge in [-0.2, -0.15) is 0 Å². The van der Waals surface area contributed by atoms with Crippen molar-refractivity contribution in [1.82, 2.24) is 0 Å². The second-order valence-corrected chi connectivity index (χ2v) is 25.2. The zero-order chi connectivity index (χ0) is 35.0. The van der Waals surface area contributed by atoms with E-state index in [4.69, 9.17) is 0 Å². The molecule has 7 aromatic rings. The number of carboxylic acid groups (broad SMARTS) is 2. The van der Waals surface area contributed by atoms with Crippen LogP contribution >= 0.6 is 0 Å². The predicted molar refractivity (Wildman–Crippen MR) is 203 cm³/mol. The van der Waals surface area contributed by atoms with E-state index in [-0.39, 0.29) is 11.1 Å². The van der Waals surface area contributed by atoms with Crippen LogP contribution in [-0.2, 0) is 0 Å².